The molecule has 1 saturated carbocycles. The third-order valence-corrected chi connectivity index (χ3v) is 3.38. The molecular weight excluding hydrogens is 200 g/mol. The molecule has 1 fully saturated rings. The molecule has 16 heavy (non-hydrogen) atoms. The van der Waals surface area contributed by atoms with Crippen LogP contribution in [0.5, 0.6) is 0 Å². The van der Waals surface area contributed by atoms with Crippen molar-refractivity contribution in [1.82, 2.24) is 5.32 Å². The Balaban J connectivity index is 1.92. The predicted molar refractivity (Wildman–Crippen MR) is 61.8 cm³/mol. The quantitative estimate of drug-likeness (QED) is 0.848. The van der Waals surface area contributed by atoms with E-state index in [2.05, 4.69) is 17.5 Å². The van der Waals surface area contributed by atoms with Gasteiger partial charge in [0.25, 0.3) is 0 Å². The van der Waals surface area contributed by atoms with Gasteiger partial charge < -0.3 is 9.73 Å². The largest absolute Gasteiger partial charge is 0.466 e. The maximum absolute atomic E-state index is 8.98. The van der Waals surface area contributed by atoms with Crippen LogP contribution in [0, 0.1) is 31.1 Å². The third kappa shape index (κ3) is 2.28. The minimum absolute atomic E-state index is 0.188. The highest BCUT2D eigenvalue weighted by Crippen LogP contribution is 2.25. The SMILES string of the molecule is Cc1cc(CNC2CCCC2C#N)c(C)o1. The van der Waals surface area contributed by atoms with Gasteiger partial charge in [0.1, 0.15) is 11.5 Å². The van der Waals surface area contributed by atoms with E-state index >= 15 is 0 Å². The molecular formula is C13H18N2O. The molecule has 1 aromatic heterocycles. The van der Waals surface area contributed by atoms with Gasteiger partial charge in [0.05, 0.1) is 12.0 Å². The van der Waals surface area contributed by atoms with E-state index in [1.807, 2.05) is 13.8 Å². The summed E-state index contributed by atoms with van der Waals surface area (Å²) >= 11 is 0. The van der Waals surface area contributed by atoms with Gasteiger partial charge in [-0.05, 0) is 32.8 Å². The Labute approximate surface area is 96.4 Å². The molecule has 0 radical (unpaired) electrons. The average molecular weight is 218 g/mol. The minimum atomic E-state index is 0.188. The van der Waals surface area contributed by atoms with Crippen LogP contribution in [-0.4, -0.2) is 6.04 Å². The van der Waals surface area contributed by atoms with Gasteiger partial charge >= 0.3 is 0 Å². The predicted octanol–water partition coefficient (Wildman–Crippen LogP) is 2.68. The Bertz CT molecular complexity index is 403. The van der Waals surface area contributed by atoms with Crippen molar-refractivity contribution in [3.05, 3.63) is 23.2 Å². The zero-order valence-electron chi connectivity index (χ0n) is 9.92. The van der Waals surface area contributed by atoms with Gasteiger partial charge in [0.15, 0.2) is 0 Å². The first-order chi connectivity index (χ1) is 7.70. The van der Waals surface area contributed by atoms with Crippen molar-refractivity contribution < 1.29 is 4.42 Å². The zero-order valence-corrected chi connectivity index (χ0v) is 9.92. The van der Waals surface area contributed by atoms with Crippen molar-refractivity contribution in [2.24, 2.45) is 5.92 Å². The van der Waals surface area contributed by atoms with Crippen molar-refractivity contribution in [2.75, 3.05) is 0 Å². The Morgan fingerprint density at radius 1 is 1.50 bits per heavy atom. The first kappa shape index (κ1) is 11.2. The Morgan fingerprint density at radius 3 is 2.94 bits per heavy atom. The summed E-state index contributed by atoms with van der Waals surface area (Å²) in [6, 6.07) is 4.81. The van der Waals surface area contributed by atoms with Crippen LogP contribution in [0.3, 0.4) is 0 Å². The number of hydrogen-bond donors (Lipinski definition) is 1. The van der Waals surface area contributed by atoms with Gasteiger partial charge in [-0.25, -0.2) is 0 Å². The monoisotopic (exact) mass is 218 g/mol. The molecule has 0 aromatic carbocycles. The highest BCUT2D eigenvalue weighted by Gasteiger charge is 2.26. The molecule has 0 spiro atoms. The molecule has 2 rings (SSSR count). The number of hydrogen-bond acceptors (Lipinski definition) is 3. The lowest BCUT2D eigenvalue weighted by Crippen LogP contribution is -2.31. The number of rotatable bonds is 3. The standard InChI is InChI=1S/C13H18N2O/c1-9-6-12(10(2)16-9)8-15-13-5-3-4-11(13)7-14/h6,11,13,15H,3-5,8H2,1-2H3. The molecule has 2 unspecified atom stereocenters. The van der Waals surface area contributed by atoms with Crippen LogP contribution >= 0.6 is 0 Å². The van der Waals surface area contributed by atoms with Crippen LogP contribution in [0.2, 0.25) is 0 Å². The Hall–Kier alpha value is -1.27. The number of nitriles is 1. The van der Waals surface area contributed by atoms with Crippen LogP contribution < -0.4 is 5.32 Å². The molecule has 86 valence electrons. The summed E-state index contributed by atoms with van der Waals surface area (Å²) in [5.41, 5.74) is 1.21. The summed E-state index contributed by atoms with van der Waals surface area (Å²) < 4.78 is 5.48. The zero-order chi connectivity index (χ0) is 11.5. The van der Waals surface area contributed by atoms with Gasteiger partial charge in [-0.1, -0.05) is 6.42 Å². The number of furan rings is 1. The Kier molecular flexibility index (Phi) is 3.31. The number of nitrogens with one attached hydrogen (secondary N) is 1. The van der Waals surface area contributed by atoms with E-state index in [4.69, 9.17) is 9.68 Å². The molecule has 3 heteroatoms. The van der Waals surface area contributed by atoms with Crippen LogP contribution in [0.15, 0.2) is 10.5 Å². The highest BCUT2D eigenvalue weighted by atomic mass is 16.3. The Morgan fingerprint density at radius 2 is 2.31 bits per heavy atom. The molecule has 0 aliphatic heterocycles. The molecule has 0 saturated heterocycles. The van der Waals surface area contributed by atoms with Gasteiger partial charge in [0.2, 0.25) is 0 Å². The minimum Gasteiger partial charge on any atom is -0.466 e. The van der Waals surface area contributed by atoms with Crippen molar-refractivity contribution in [3.8, 4) is 6.07 Å². The lowest BCUT2D eigenvalue weighted by atomic mass is 10.1. The van der Waals surface area contributed by atoms with Crippen molar-refractivity contribution >= 4 is 0 Å². The van der Waals surface area contributed by atoms with Crippen molar-refractivity contribution in [1.29, 1.82) is 5.26 Å². The molecule has 1 aliphatic carbocycles. The normalized spacial score (nSPS) is 24.6. The maximum Gasteiger partial charge on any atom is 0.105 e. The second kappa shape index (κ2) is 4.71. The van der Waals surface area contributed by atoms with Crippen LogP contribution in [0.25, 0.3) is 0 Å². The molecule has 0 amide bonds. The maximum atomic E-state index is 8.98. The van der Waals surface area contributed by atoms with Crippen molar-refractivity contribution in [2.45, 2.75) is 45.7 Å². The van der Waals surface area contributed by atoms with Crippen LogP contribution in [-0.2, 0) is 6.54 Å². The van der Waals surface area contributed by atoms with E-state index in [0.717, 1.165) is 30.9 Å². The molecule has 1 N–H and O–H groups in total. The molecule has 0 bridgehead atoms. The smallest absolute Gasteiger partial charge is 0.105 e. The summed E-state index contributed by atoms with van der Waals surface area (Å²) in [6.45, 7) is 4.76. The van der Waals surface area contributed by atoms with Gasteiger partial charge in [0, 0.05) is 18.2 Å². The topological polar surface area (TPSA) is 49.0 Å². The average Bonchev–Trinajstić information content (AvgIpc) is 2.81. The van der Waals surface area contributed by atoms with Crippen LogP contribution in [0.1, 0.15) is 36.3 Å². The van der Waals surface area contributed by atoms with Gasteiger partial charge in [-0.15, -0.1) is 0 Å². The van der Waals surface area contributed by atoms with E-state index in [-0.39, 0.29) is 5.92 Å². The highest BCUT2D eigenvalue weighted by molar-refractivity contribution is 5.20. The fraction of sp³-hybridized carbons (Fsp3) is 0.615. The first-order valence-corrected chi connectivity index (χ1v) is 5.89. The van der Waals surface area contributed by atoms with Crippen molar-refractivity contribution in [3.63, 3.8) is 0 Å². The molecule has 2 atom stereocenters. The second-order valence-electron chi connectivity index (χ2n) is 4.59. The summed E-state index contributed by atoms with van der Waals surface area (Å²) in [7, 11) is 0. The molecule has 3 nitrogen and oxygen atoms in total. The lowest BCUT2D eigenvalue weighted by Gasteiger charge is -2.14. The van der Waals surface area contributed by atoms with Gasteiger partial charge in [-0.2, -0.15) is 5.26 Å². The summed E-state index contributed by atoms with van der Waals surface area (Å²) in [6.07, 6.45) is 3.32. The summed E-state index contributed by atoms with van der Waals surface area (Å²) in [5.74, 6) is 2.13. The van der Waals surface area contributed by atoms with E-state index in [1.165, 1.54) is 12.0 Å². The van der Waals surface area contributed by atoms with Gasteiger partial charge in [-0.3, -0.25) is 0 Å². The third-order valence-electron chi connectivity index (χ3n) is 3.38. The molecule has 1 heterocycles. The van der Waals surface area contributed by atoms with E-state index in [1.54, 1.807) is 0 Å². The second-order valence-corrected chi connectivity index (χ2v) is 4.59. The fourth-order valence-corrected chi connectivity index (χ4v) is 2.46. The first-order valence-electron chi connectivity index (χ1n) is 5.89. The molecule has 1 aliphatic rings. The van der Waals surface area contributed by atoms with Crippen LogP contribution in [0.4, 0.5) is 0 Å². The summed E-state index contributed by atoms with van der Waals surface area (Å²) in [5, 5.41) is 12.5. The number of aryl methyl sites for hydroxylation is 2. The summed E-state index contributed by atoms with van der Waals surface area (Å²) in [4.78, 5) is 0. The van der Waals surface area contributed by atoms with E-state index in [0.29, 0.717) is 6.04 Å². The van der Waals surface area contributed by atoms with E-state index in [9.17, 15) is 0 Å². The lowest BCUT2D eigenvalue weighted by molar-refractivity contribution is 0.457. The number of nitrogens with zero attached hydrogens (tertiary/aromatic N) is 1. The molecule has 1 aromatic rings. The fourth-order valence-electron chi connectivity index (χ4n) is 2.46. The van der Waals surface area contributed by atoms with E-state index < -0.39 is 0 Å².